The fourth-order valence-electron chi connectivity index (χ4n) is 1.26. The van der Waals surface area contributed by atoms with E-state index in [1.165, 1.54) is 12.1 Å². The van der Waals surface area contributed by atoms with Gasteiger partial charge < -0.3 is 0 Å². The second kappa shape index (κ2) is 5.24. The molecular formula is C11H14BrFOSe. The van der Waals surface area contributed by atoms with Crippen LogP contribution in [0.25, 0.3) is 0 Å². The average molecular weight is 340 g/mol. The Balaban J connectivity index is 2.98. The molecule has 1 nitrogen and oxygen atoms in total. The summed E-state index contributed by atoms with van der Waals surface area (Å²) in [4.78, 5) is 12.1. The first-order valence-corrected chi connectivity index (χ1v) is 12.1. The van der Waals surface area contributed by atoms with Gasteiger partial charge >= 0.3 is 99.1 Å². The molecule has 0 fully saturated rings. The van der Waals surface area contributed by atoms with Crippen LogP contribution in [-0.2, 0) is 0 Å². The van der Waals surface area contributed by atoms with E-state index >= 15 is 0 Å². The fourth-order valence-corrected chi connectivity index (χ4v) is 5.36. The summed E-state index contributed by atoms with van der Waals surface area (Å²) in [5, 5.41) is 1.76. The average Bonchev–Trinajstić information content (AvgIpc) is 2.28. The van der Waals surface area contributed by atoms with Gasteiger partial charge in [0.1, 0.15) is 0 Å². The molecule has 0 amide bonds. The first kappa shape index (κ1) is 12.9. The predicted octanol–water partition coefficient (Wildman–Crippen LogP) is 3.93. The predicted molar refractivity (Wildman–Crippen MR) is 66.4 cm³/mol. The molecule has 84 valence electrons. The van der Waals surface area contributed by atoms with Gasteiger partial charge in [0.05, 0.1) is 0 Å². The van der Waals surface area contributed by atoms with Crippen molar-refractivity contribution in [1.82, 2.24) is 0 Å². The third kappa shape index (κ3) is 2.90. The summed E-state index contributed by atoms with van der Waals surface area (Å²) >= 11 is 1.42. The van der Waals surface area contributed by atoms with E-state index in [9.17, 15) is 9.18 Å². The quantitative estimate of drug-likeness (QED) is 0.759. The molecular weight excluding hydrogens is 326 g/mol. The number of rotatable bonds is 4. The van der Waals surface area contributed by atoms with E-state index in [0.29, 0.717) is 5.56 Å². The number of hydrogen-bond donors (Lipinski definition) is 0. The fraction of sp³-hybridized carbons (Fsp3) is 0.364. The van der Waals surface area contributed by atoms with Gasteiger partial charge in [-0.1, -0.05) is 0 Å². The van der Waals surface area contributed by atoms with E-state index in [-0.39, 0.29) is 10.5 Å². The van der Waals surface area contributed by atoms with Gasteiger partial charge in [-0.15, -0.1) is 0 Å². The van der Waals surface area contributed by atoms with Crippen molar-refractivity contribution in [2.24, 2.45) is 0 Å². The Hall–Kier alpha value is -0.181. The minimum absolute atomic E-state index is 0.177. The molecule has 0 saturated carbocycles. The number of halogens is 2. The molecule has 4 heteroatoms. The zero-order valence-electron chi connectivity index (χ0n) is 8.80. The Morgan fingerprint density at radius 1 is 1.27 bits per heavy atom. The molecule has 0 bridgehead atoms. The van der Waals surface area contributed by atoms with Crippen LogP contribution in [0.15, 0.2) is 24.3 Å². The summed E-state index contributed by atoms with van der Waals surface area (Å²) in [5.74, 6) is -0.302. The van der Waals surface area contributed by atoms with Gasteiger partial charge in [-0.3, -0.25) is 0 Å². The molecule has 0 unspecified atom stereocenters. The Bertz CT molecular complexity index is 346. The van der Waals surface area contributed by atoms with Gasteiger partial charge in [0, 0.05) is 0 Å². The van der Waals surface area contributed by atoms with Crippen molar-refractivity contribution < 1.29 is 9.18 Å². The topological polar surface area (TPSA) is 17.1 Å². The van der Waals surface area contributed by atoms with Crippen molar-refractivity contribution in [3.63, 3.8) is 0 Å². The zero-order valence-corrected chi connectivity index (χ0v) is 12.1. The molecule has 0 aliphatic heterocycles. The van der Waals surface area contributed by atoms with Crippen LogP contribution >= 0.6 is 14.1 Å². The summed E-state index contributed by atoms with van der Waals surface area (Å²) in [7, 11) is 0. The van der Waals surface area contributed by atoms with Crippen LogP contribution in [-0.4, -0.2) is 15.7 Å². The normalized spacial score (nSPS) is 12.5. The molecule has 0 aliphatic carbocycles. The molecule has 0 aromatic heterocycles. The van der Waals surface area contributed by atoms with Gasteiger partial charge in [0.2, 0.25) is 0 Å². The molecule has 0 atom stereocenters. The van der Waals surface area contributed by atoms with Gasteiger partial charge in [-0.2, -0.15) is 0 Å². The molecule has 0 N–H and O–H groups in total. The van der Waals surface area contributed by atoms with Crippen molar-refractivity contribution in [1.29, 1.82) is 0 Å². The van der Waals surface area contributed by atoms with Crippen molar-refractivity contribution in [3.05, 3.63) is 35.6 Å². The van der Waals surface area contributed by atoms with Crippen LogP contribution in [0, 0.1) is 5.82 Å². The van der Waals surface area contributed by atoms with Crippen LogP contribution in [0.3, 0.4) is 0 Å². The standard InChI is InChI=1S/C11H14BrFOSe/c1-3-15(12,4-2)11(14)9-5-7-10(13)8-6-9/h5-8H,3-4H2,1-2H3. The Labute approximate surface area is 99.0 Å². The second-order valence-electron chi connectivity index (χ2n) is 3.16. The van der Waals surface area contributed by atoms with Gasteiger partial charge in [0.25, 0.3) is 0 Å². The Morgan fingerprint density at radius 3 is 2.13 bits per heavy atom. The van der Waals surface area contributed by atoms with Crippen LogP contribution in [0.1, 0.15) is 24.2 Å². The zero-order chi connectivity index (χ0) is 11.5. The summed E-state index contributed by atoms with van der Waals surface area (Å²) in [6.07, 6.45) is 0. The number of carbonyl (C=O) groups excluding carboxylic acids is 1. The molecule has 0 saturated heterocycles. The molecule has 0 spiro atoms. The van der Waals surface area contributed by atoms with E-state index in [1.54, 1.807) is 12.1 Å². The maximum absolute atomic E-state index is 12.7. The maximum atomic E-state index is 12.7. The molecule has 1 rings (SSSR count). The minimum atomic E-state index is -2.20. The van der Waals surface area contributed by atoms with Crippen LogP contribution in [0.4, 0.5) is 4.39 Å². The van der Waals surface area contributed by atoms with E-state index in [2.05, 4.69) is 14.1 Å². The molecule has 0 heterocycles. The third-order valence-corrected chi connectivity index (χ3v) is 14.3. The van der Waals surface area contributed by atoms with E-state index in [1.807, 2.05) is 13.8 Å². The molecule has 15 heavy (non-hydrogen) atoms. The SMILES string of the molecule is CC[Se](Br)(CC)C(=O)c1ccc(F)cc1. The number of benzene rings is 1. The number of hydrogen-bond acceptors (Lipinski definition) is 1. The van der Waals surface area contributed by atoms with Crippen LogP contribution in [0.2, 0.25) is 10.6 Å². The number of carbonyl (C=O) groups is 1. The van der Waals surface area contributed by atoms with Gasteiger partial charge in [0.15, 0.2) is 0 Å². The van der Waals surface area contributed by atoms with Crippen LogP contribution in [0.5, 0.6) is 0 Å². The van der Waals surface area contributed by atoms with Gasteiger partial charge in [-0.05, 0) is 0 Å². The van der Waals surface area contributed by atoms with Crippen molar-refractivity contribution in [2.75, 3.05) is 0 Å². The van der Waals surface area contributed by atoms with E-state index in [0.717, 1.165) is 10.6 Å². The molecule has 1 aromatic rings. The summed E-state index contributed by atoms with van der Waals surface area (Å²) in [5.41, 5.74) is 0.622. The first-order valence-electron chi connectivity index (χ1n) is 4.81. The van der Waals surface area contributed by atoms with Crippen molar-refractivity contribution >= 4 is 29.8 Å². The monoisotopic (exact) mass is 340 g/mol. The third-order valence-electron chi connectivity index (χ3n) is 2.33. The molecule has 0 aliphatic rings. The van der Waals surface area contributed by atoms with E-state index < -0.39 is 11.0 Å². The van der Waals surface area contributed by atoms with Crippen LogP contribution < -0.4 is 0 Å². The molecule has 0 radical (unpaired) electrons. The summed E-state index contributed by atoms with van der Waals surface area (Å²) < 4.78 is 12.9. The molecule has 1 aromatic carbocycles. The Morgan fingerprint density at radius 2 is 1.73 bits per heavy atom. The second-order valence-corrected chi connectivity index (χ2v) is 16.1. The van der Waals surface area contributed by atoms with Crippen molar-refractivity contribution in [3.8, 4) is 0 Å². The Kier molecular flexibility index (Phi) is 4.50. The van der Waals surface area contributed by atoms with Crippen molar-refractivity contribution in [2.45, 2.75) is 24.5 Å². The van der Waals surface area contributed by atoms with E-state index in [4.69, 9.17) is 0 Å². The first-order chi connectivity index (χ1) is 7.03. The summed E-state index contributed by atoms with van der Waals surface area (Å²) in [6.45, 7) is 4.05. The summed E-state index contributed by atoms with van der Waals surface area (Å²) in [6, 6.07) is 5.80. The van der Waals surface area contributed by atoms with Gasteiger partial charge in [-0.25, -0.2) is 0 Å².